The number of rotatable bonds is 3. The molecule has 1 heterocycles. The number of carbonyl (C=O) groups is 1. The third-order valence-corrected chi connectivity index (χ3v) is 3.06. The summed E-state index contributed by atoms with van der Waals surface area (Å²) in [4.78, 5) is 14.2. The highest BCUT2D eigenvalue weighted by molar-refractivity contribution is 5.96. The van der Waals surface area contributed by atoms with E-state index < -0.39 is 0 Å². The Morgan fingerprint density at radius 3 is 2.82 bits per heavy atom. The van der Waals surface area contributed by atoms with Crippen molar-refractivity contribution in [2.45, 2.75) is 12.5 Å². The Morgan fingerprint density at radius 1 is 1.47 bits per heavy atom. The lowest BCUT2D eigenvalue weighted by Crippen LogP contribution is -2.49. The summed E-state index contributed by atoms with van der Waals surface area (Å²) < 4.78 is 12.7. The van der Waals surface area contributed by atoms with Gasteiger partial charge in [-0.25, -0.2) is 4.39 Å². The highest BCUT2D eigenvalue weighted by atomic mass is 19.1. The maximum absolute atomic E-state index is 12.7. The van der Waals surface area contributed by atoms with Gasteiger partial charge < -0.3 is 10.2 Å². The van der Waals surface area contributed by atoms with Gasteiger partial charge in [0.05, 0.1) is 0 Å². The van der Waals surface area contributed by atoms with E-state index in [1.165, 1.54) is 12.1 Å². The average Bonchev–Trinajstić information content (AvgIpc) is 2.29. The van der Waals surface area contributed by atoms with Crippen LogP contribution in [0.25, 0.3) is 0 Å². The number of hydrogen-bond donors (Lipinski definition) is 1. The molecular formula is C13H17FN2O. The molecule has 0 amide bonds. The van der Waals surface area contributed by atoms with Gasteiger partial charge in [0.15, 0.2) is 5.78 Å². The van der Waals surface area contributed by atoms with Crippen molar-refractivity contribution in [3.8, 4) is 0 Å². The lowest BCUT2D eigenvalue weighted by Gasteiger charge is -2.30. The van der Waals surface area contributed by atoms with Crippen molar-refractivity contribution in [2.75, 3.05) is 26.7 Å². The SMILES string of the molecule is CN1CCNC(CC(=O)c2ccc(F)cc2)C1. The molecule has 1 aliphatic heterocycles. The monoisotopic (exact) mass is 236 g/mol. The van der Waals surface area contributed by atoms with Gasteiger partial charge in [-0.05, 0) is 31.3 Å². The first-order chi connectivity index (χ1) is 8.15. The van der Waals surface area contributed by atoms with Gasteiger partial charge >= 0.3 is 0 Å². The van der Waals surface area contributed by atoms with E-state index in [-0.39, 0.29) is 17.6 Å². The fraction of sp³-hybridized carbons (Fsp3) is 0.462. The van der Waals surface area contributed by atoms with Crippen LogP contribution in [0.15, 0.2) is 24.3 Å². The van der Waals surface area contributed by atoms with E-state index in [1.807, 2.05) is 0 Å². The number of piperazine rings is 1. The van der Waals surface area contributed by atoms with Gasteiger partial charge in [0, 0.05) is 37.7 Å². The largest absolute Gasteiger partial charge is 0.311 e. The number of carbonyl (C=O) groups excluding carboxylic acids is 1. The fourth-order valence-electron chi connectivity index (χ4n) is 2.11. The molecule has 0 aliphatic carbocycles. The summed E-state index contributed by atoms with van der Waals surface area (Å²) in [5.74, 6) is -0.241. The minimum atomic E-state index is -0.308. The van der Waals surface area contributed by atoms with Crippen LogP contribution in [0.1, 0.15) is 16.8 Å². The van der Waals surface area contributed by atoms with Crippen LogP contribution in [0.2, 0.25) is 0 Å². The summed E-state index contributed by atoms with van der Waals surface area (Å²) in [6.45, 7) is 2.81. The second-order valence-corrected chi connectivity index (χ2v) is 4.55. The molecule has 1 fully saturated rings. The third kappa shape index (κ3) is 3.35. The van der Waals surface area contributed by atoms with Crippen molar-refractivity contribution in [3.63, 3.8) is 0 Å². The molecule has 92 valence electrons. The Kier molecular flexibility index (Phi) is 3.86. The molecule has 3 nitrogen and oxygen atoms in total. The van der Waals surface area contributed by atoms with Crippen LogP contribution in [0.5, 0.6) is 0 Å². The molecule has 1 atom stereocenters. The first-order valence-electron chi connectivity index (χ1n) is 5.86. The topological polar surface area (TPSA) is 32.3 Å². The molecule has 2 rings (SSSR count). The standard InChI is InChI=1S/C13H17FN2O/c1-16-7-6-15-12(9-16)8-13(17)10-2-4-11(14)5-3-10/h2-5,12,15H,6-9H2,1H3. The Bertz CT molecular complexity index is 391. The number of benzene rings is 1. The zero-order chi connectivity index (χ0) is 12.3. The molecule has 1 aliphatic rings. The number of likely N-dealkylation sites (N-methyl/N-ethyl adjacent to an activating group) is 1. The van der Waals surface area contributed by atoms with Gasteiger partial charge in [-0.1, -0.05) is 0 Å². The quantitative estimate of drug-likeness (QED) is 0.803. The summed E-state index contributed by atoms with van der Waals surface area (Å²) in [6.07, 6.45) is 0.468. The first kappa shape index (κ1) is 12.2. The van der Waals surface area contributed by atoms with Gasteiger partial charge in [-0.2, -0.15) is 0 Å². The van der Waals surface area contributed by atoms with Crippen LogP contribution in [0, 0.1) is 5.82 Å². The lowest BCUT2D eigenvalue weighted by molar-refractivity contribution is 0.0952. The van der Waals surface area contributed by atoms with E-state index in [0.717, 1.165) is 19.6 Å². The minimum Gasteiger partial charge on any atom is -0.311 e. The fourth-order valence-corrected chi connectivity index (χ4v) is 2.11. The summed E-state index contributed by atoms with van der Waals surface area (Å²) in [5, 5.41) is 3.32. The number of nitrogens with zero attached hydrogens (tertiary/aromatic N) is 1. The van der Waals surface area contributed by atoms with E-state index in [9.17, 15) is 9.18 Å². The van der Waals surface area contributed by atoms with Crippen LogP contribution in [0.4, 0.5) is 4.39 Å². The Hall–Kier alpha value is -1.26. The molecule has 1 aromatic carbocycles. The highest BCUT2D eigenvalue weighted by Crippen LogP contribution is 2.09. The van der Waals surface area contributed by atoms with Gasteiger partial charge in [0.1, 0.15) is 5.82 Å². The molecule has 0 radical (unpaired) electrons. The van der Waals surface area contributed by atoms with Crippen LogP contribution >= 0.6 is 0 Å². The molecule has 1 unspecified atom stereocenters. The summed E-state index contributed by atoms with van der Waals surface area (Å²) >= 11 is 0. The molecule has 17 heavy (non-hydrogen) atoms. The number of Topliss-reactive ketones (excluding diaryl/α,β-unsaturated/α-hetero) is 1. The maximum Gasteiger partial charge on any atom is 0.164 e. The second kappa shape index (κ2) is 5.38. The van der Waals surface area contributed by atoms with E-state index >= 15 is 0 Å². The van der Waals surface area contributed by atoms with E-state index in [2.05, 4.69) is 17.3 Å². The predicted molar refractivity (Wildman–Crippen MR) is 64.6 cm³/mol. The minimum absolute atomic E-state index is 0.0674. The van der Waals surface area contributed by atoms with Crippen molar-refractivity contribution >= 4 is 5.78 Å². The first-order valence-corrected chi connectivity index (χ1v) is 5.86. The van der Waals surface area contributed by atoms with E-state index in [4.69, 9.17) is 0 Å². The smallest absolute Gasteiger partial charge is 0.164 e. The van der Waals surface area contributed by atoms with Crippen LogP contribution in [0.3, 0.4) is 0 Å². The van der Waals surface area contributed by atoms with Gasteiger partial charge in [-0.3, -0.25) is 4.79 Å². The summed E-state index contributed by atoms with van der Waals surface area (Å²) in [6, 6.07) is 5.95. The zero-order valence-corrected chi connectivity index (χ0v) is 9.95. The summed E-state index contributed by atoms with van der Waals surface area (Å²) in [5.41, 5.74) is 0.585. The van der Waals surface area contributed by atoms with Crippen molar-refractivity contribution in [3.05, 3.63) is 35.6 Å². The molecule has 1 N–H and O–H groups in total. The zero-order valence-electron chi connectivity index (χ0n) is 9.95. The van der Waals surface area contributed by atoms with Gasteiger partial charge in [0.25, 0.3) is 0 Å². The molecule has 0 bridgehead atoms. The second-order valence-electron chi connectivity index (χ2n) is 4.55. The molecule has 4 heteroatoms. The maximum atomic E-state index is 12.7. The third-order valence-electron chi connectivity index (χ3n) is 3.06. The lowest BCUT2D eigenvalue weighted by atomic mass is 10.0. The van der Waals surface area contributed by atoms with Crippen LogP contribution < -0.4 is 5.32 Å². The van der Waals surface area contributed by atoms with Crippen LogP contribution in [-0.4, -0.2) is 43.4 Å². The van der Waals surface area contributed by atoms with Crippen molar-refractivity contribution in [2.24, 2.45) is 0 Å². The molecular weight excluding hydrogens is 219 g/mol. The Labute approximate surface area is 101 Å². The van der Waals surface area contributed by atoms with Gasteiger partial charge in [0.2, 0.25) is 0 Å². The average molecular weight is 236 g/mol. The Balaban J connectivity index is 1.94. The molecule has 0 saturated carbocycles. The van der Waals surface area contributed by atoms with E-state index in [0.29, 0.717) is 12.0 Å². The van der Waals surface area contributed by atoms with Crippen molar-refractivity contribution in [1.82, 2.24) is 10.2 Å². The molecule has 0 spiro atoms. The number of ketones is 1. The molecule has 0 aromatic heterocycles. The molecule has 1 aromatic rings. The van der Waals surface area contributed by atoms with Gasteiger partial charge in [-0.15, -0.1) is 0 Å². The summed E-state index contributed by atoms with van der Waals surface area (Å²) in [7, 11) is 2.05. The normalized spacial score (nSPS) is 21.4. The number of nitrogens with one attached hydrogen (secondary N) is 1. The number of hydrogen-bond acceptors (Lipinski definition) is 3. The highest BCUT2D eigenvalue weighted by Gasteiger charge is 2.19. The van der Waals surface area contributed by atoms with Crippen LogP contribution in [-0.2, 0) is 0 Å². The predicted octanol–water partition coefficient (Wildman–Crippen LogP) is 1.30. The molecule has 1 saturated heterocycles. The van der Waals surface area contributed by atoms with Crippen molar-refractivity contribution in [1.29, 1.82) is 0 Å². The van der Waals surface area contributed by atoms with E-state index in [1.54, 1.807) is 12.1 Å². The Morgan fingerprint density at radius 2 is 2.18 bits per heavy atom. The van der Waals surface area contributed by atoms with Crippen molar-refractivity contribution < 1.29 is 9.18 Å². The number of halogens is 1.